The molecule has 0 heterocycles. The Hall–Kier alpha value is -1.03. The van der Waals surface area contributed by atoms with Gasteiger partial charge in [0.15, 0.2) is 6.29 Å². The summed E-state index contributed by atoms with van der Waals surface area (Å²) >= 11 is 0. The molecule has 0 saturated carbocycles. The predicted molar refractivity (Wildman–Crippen MR) is 45.1 cm³/mol. The van der Waals surface area contributed by atoms with E-state index in [0.29, 0.717) is 12.1 Å². The van der Waals surface area contributed by atoms with Crippen molar-refractivity contribution in [2.24, 2.45) is 5.73 Å². The first-order valence-corrected chi connectivity index (χ1v) is 3.79. The lowest BCUT2D eigenvalue weighted by Gasteiger charge is -2.08. The van der Waals surface area contributed by atoms with Gasteiger partial charge in [-0.25, -0.2) is 4.79 Å². The standard InChI is InChI=1S/C8H15NO3/c1-4-7(9)5-8(10)12-6(2)11-3/h5-6H,4,9H2,1-3H3/b7-5-. The Morgan fingerprint density at radius 1 is 1.67 bits per heavy atom. The van der Waals surface area contributed by atoms with Gasteiger partial charge in [-0.05, 0) is 13.3 Å². The zero-order valence-corrected chi connectivity index (χ0v) is 7.66. The van der Waals surface area contributed by atoms with E-state index in [4.69, 9.17) is 15.2 Å². The van der Waals surface area contributed by atoms with Crippen molar-refractivity contribution in [3.63, 3.8) is 0 Å². The van der Waals surface area contributed by atoms with E-state index in [1.165, 1.54) is 13.2 Å². The van der Waals surface area contributed by atoms with Gasteiger partial charge in [0.1, 0.15) is 0 Å². The zero-order valence-electron chi connectivity index (χ0n) is 7.66. The zero-order chi connectivity index (χ0) is 9.56. The minimum absolute atomic E-state index is 0.469. The van der Waals surface area contributed by atoms with Gasteiger partial charge in [-0.2, -0.15) is 0 Å². The van der Waals surface area contributed by atoms with E-state index in [2.05, 4.69) is 0 Å². The molecule has 0 aromatic carbocycles. The monoisotopic (exact) mass is 173 g/mol. The number of hydrogen-bond acceptors (Lipinski definition) is 4. The Balaban J connectivity index is 3.89. The number of ether oxygens (including phenoxy) is 2. The molecule has 0 fully saturated rings. The maximum atomic E-state index is 10.9. The number of carbonyl (C=O) groups excluding carboxylic acids is 1. The molecule has 4 nitrogen and oxygen atoms in total. The maximum Gasteiger partial charge on any atom is 0.334 e. The fourth-order valence-electron chi connectivity index (χ4n) is 0.499. The van der Waals surface area contributed by atoms with Gasteiger partial charge in [-0.3, -0.25) is 0 Å². The molecule has 0 spiro atoms. The van der Waals surface area contributed by atoms with Crippen LogP contribution in [0.15, 0.2) is 11.8 Å². The Morgan fingerprint density at radius 3 is 2.67 bits per heavy atom. The number of allylic oxidation sites excluding steroid dienone is 1. The SMILES string of the molecule is CC/C(N)=C/C(=O)OC(C)OC. The van der Waals surface area contributed by atoms with Crippen molar-refractivity contribution in [2.45, 2.75) is 26.6 Å². The Morgan fingerprint density at radius 2 is 2.25 bits per heavy atom. The van der Waals surface area contributed by atoms with Crippen molar-refractivity contribution in [3.05, 3.63) is 11.8 Å². The average Bonchev–Trinajstić information content (AvgIpc) is 2.03. The molecular weight excluding hydrogens is 158 g/mol. The van der Waals surface area contributed by atoms with Gasteiger partial charge in [-0.15, -0.1) is 0 Å². The normalized spacial score (nSPS) is 14.1. The third-order valence-corrected chi connectivity index (χ3v) is 1.33. The Kier molecular flexibility index (Phi) is 5.12. The molecule has 0 aliphatic rings. The van der Waals surface area contributed by atoms with Crippen LogP contribution in [0.2, 0.25) is 0 Å². The molecule has 2 N–H and O–H groups in total. The Labute approximate surface area is 72.3 Å². The predicted octanol–water partition coefficient (Wildman–Crippen LogP) is 0.775. The quantitative estimate of drug-likeness (QED) is 0.387. The minimum atomic E-state index is -0.529. The first-order chi connectivity index (χ1) is 5.60. The second-order valence-electron chi connectivity index (χ2n) is 2.31. The van der Waals surface area contributed by atoms with E-state index < -0.39 is 12.3 Å². The van der Waals surface area contributed by atoms with Crippen molar-refractivity contribution in [1.29, 1.82) is 0 Å². The van der Waals surface area contributed by atoms with Gasteiger partial charge < -0.3 is 15.2 Å². The van der Waals surface area contributed by atoms with Crippen LogP contribution in [0.3, 0.4) is 0 Å². The first-order valence-electron chi connectivity index (χ1n) is 3.79. The van der Waals surface area contributed by atoms with E-state index in [9.17, 15) is 4.79 Å². The highest BCUT2D eigenvalue weighted by Gasteiger charge is 2.04. The van der Waals surface area contributed by atoms with Crippen LogP contribution in [-0.4, -0.2) is 19.4 Å². The summed E-state index contributed by atoms with van der Waals surface area (Å²) in [5, 5.41) is 0. The smallest absolute Gasteiger partial charge is 0.334 e. The third kappa shape index (κ3) is 4.73. The topological polar surface area (TPSA) is 61.6 Å². The molecule has 12 heavy (non-hydrogen) atoms. The molecule has 1 atom stereocenters. The molecule has 0 aromatic rings. The highest BCUT2D eigenvalue weighted by molar-refractivity contribution is 5.82. The van der Waals surface area contributed by atoms with E-state index in [0.717, 1.165) is 0 Å². The van der Waals surface area contributed by atoms with Crippen LogP contribution in [-0.2, 0) is 14.3 Å². The highest BCUT2D eigenvalue weighted by Crippen LogP contribution is 1.96. The molecule has 70 valence electrons. The minimum Gasteiger partial charge on any atom is -0.433 e. The summed E-state index contributed by atoms with van der Waals surface area (Å²) in [6.45, 7) is 3.49. The first kappa shape index (κ1) is 11.0. The number of carbonyl (C=O) groups is 1. The lowest BCUT2D eigenvalue weighted by atomic mass is 10.3. The van der Waals surface area contributed by atoms with Gasteiger partial charge >= 0.3 is 5.97 Å². The molecule has 0 aliphatic heterocycles. The molecule has 4 heteroatoms. The van der Waals surface area contributed by atoms with E-state index in [-0.39, 0.29) is 0 Å². The average molecular weight is 173 g/mol. The number of nitrogens with two attached hydrogens (primary N) is 1. The van der Waals surface area contributed by atoms with Gasteiger partial charge in [0.25, 0.3) is 0 Å². The lowest BCUT2D eigenvalue weighted by molar-refractivity contribution is -0.163. The second-order valence-corrected chi connectivity index (χ2v) is 2.31. The van der Waals surface area contributed by atoms with Gasteiger partial charge in [0, 0.05) is 18.9 Å². The van der Waals surface area contributed by atoms with E-state index in [1.807, 2.05) is 6.92 Å². The summed E-state index contributed by atoms with van der Waals surface area (Å²) in [7, 11) is 1.46. The van der Waals surface area contributed by atoms with Crippen LogP contribution < -0.4 is 5.73 Å². The van der Waals surface area contributed by atoms with Gasteiger partial charge in [0.05, 0.1) is 0 Å². The molecule has 0 bridgehead atoms. The molecule has 0 amide bonds. The van der Waals surface area contributed by atoms with Crippen molar-refractivity contribution in [1.82, 2.24) is 0 Å². The number of methoxy groups -OCH3 is 1. The van der Waals surface area contributed by atoms with Gasteiger partial charge in [0.2, 0.25) is 0 Å². The second kappa shape index (κ2) is 5.60. The van der Waals surface area contributed by atoms with Crippen LogP contribution in [0, 0.1) is 0 Å². The van der Waals surface area contributed by atoms with Crippen molar-refractivity contribution in [3.8, 4) is 0 Å². The van der Waals surface area contributed by atoms with Crippen molar-refractivity contribution >= 4 is 5.97 Å². The van der Waals surface area contributed by atoms with Crippen molar-refractivity contribution in [2.75, 3.05) is 7.11 Å². The summed E-state index contributed by atoms with van der Waals surface area (Å²) in [4.78, 5) is 10.9. The Bertz CT molecular complexity index is 177. The van der Waals surface area contributed by atoms with Gasteiger partial charge in [-0.1, -0.05) is 6.92 Å². The molecule has 0 radical (unpaired) electrons. The lowest BCUT2D eigenvalue weighted by Crippen LogP contribution is -2.15. The van der Waals surface area contributed by atoms with E-state index in [1.54, 1.807) is 6.92 Å². The molecule has 0 saturated heterocycles. The summed E-state index contributed by atoms with van der Waals surface area (Å²) in [6, 6.07) is 0. The summed E-state index contributed by atoms with van der Waals surface area (Å²) in [5.41, 5.74) is 5.91. The summed E-state index contributed by atoms with van der Waals surface area (Å²) in [5.74, 6) is -0.469. The van der Waals surface area contributed by atoms with Crippen LogP contribution in [0.1, 0.15) is 20.3 Å². The number of esters is 1. The molecule has 0 aromatic heterocycles. The maximum absolute atomic E-state index is 10.9. The van der Waals surface area contributed by atoms with Crippen LogP contribution in [0.4, 0.5) is 0 Å². The highest BCUT2D eigenvalue weighted by atomic mass is 16.7. The third-order valence-electron chi connectivity index (χ3n) is 1.33. The molecule has 1 unspecified atom stereocenters. The molecular formula is C8H15NO3. The summed E-state index contributed by atoms with van der Waals surface area (Å²) in [6.07, 6.45) is 1.37. The van der Waals surface area contributed by atoms with Crippen LogP contribution in [0.25, 0.3) is 0 Å². The number of rotatable bonds is 4. The van der Waals surface area contributed by atoms with Crippen LogP contribution in [0.5, 0.6) is 0 Å². The van der Waals surface area contributed by atoms with Crippen LogP contribution >= 0.6 is 0 Å². The fourth-order valence-corrected chi connectivity index (χ4v) is 0.499. The largest absolute Gasteiger partial charge is 0.433 e. The van der Waals surface area contributed by atoms with E-state index >= 15 is 0 Å². The number of hydrogen-bond donors (Lipinski definition) is 1. The summed E-state index contributed by atoms with van der Waals surface area (Å²) < 4.78 is 9.48. The molecule has 0 aliphatic carbocycles. The molecule has 0 rings (SSSR count). The van der Waals surface area contributed by atoms with Crippen molar-refractivity contribution < 1.29 is 14.3 Å². The fraction of sp³-hybridized carbons (Fsp3) is 0.625.